The first-order chi connectivity index (χ1) is 9.70. The first-order valence-corrected chi connectivity index (χ1v) is 5.91. The maximum absolute atomic E-state index is 13.0. The van der Waals surface area contributed by atoms with Gasteiger partial charge in [-0.2, -0.15) is 18.2 Å². The van der Waals surface area contributed by atoms with Gasteiger partial charge in [-0.15, -0.1) is 0 Å². The Kier molecular flexibility index (Phi) is 3.80. The van der Waals surface area contributed by atoms with E-state index >= 15 is 0 Å². The molecule has 1 aromatic heterocycles. The normalized spacial score (nSPS) is 13.2. The number of halogens is 4. The summed E-state index contributed by atoms with van der Waals surface area (Å²) < 4.78 is 54.7. The highest BCUT2D eigenvalue weighted by atomic mass is 19.4. The Morgan fingerprint density at radius 3 is 2.57 bits per heavy atom. The topological polar surface area (TPSA) is 56.0 Å². The summed E-state index contributed by atoms with van der Waals surface area (Å²) in [6.45, 7) is 2.63. The fourth-order valence-corrected chi connectivity index (χ4v) is 1.76. The second-order valence-electron chi connectivity index (χ2n) is 4.50. The summed E-state index contributed by atoms with van der Waals surface area (Å²) in [6.07, 6.45) is -4.97. The van der Waals surface area contributed by atoms with Crippen molar-refractivity contribution in [1.82, 2.24) is 10.1 Å². The molecule has 1 atom stereocenters. The van der Waals surface area contributed by atoms with Gasteiger partial charge in [-0.1, -0.05) is 5.16 Å². The van der Waals surface area contributed by atoms with Gasteiger partial charge in [0.15, 0.2) is 0 Å². The first-order valence-electron chi connectivity index (χ1n) is 5.91. The molecule has 8 heteroatoms. The zero-order valence-corrected chi connectivity index (χ0v) is 11.0. The minimum atomic E-state index is -4.97. The largest absolute Gasteiger partial charge is 0.450 e. The van der Waals surface area contributed by atoms with Gasteiger partial charge < -0.3 is 4.52 Å². The van der Waals surface area contributed by atoms with E-state index in [0.717, 1.165) is 6.92 Å². The summed E-state index contributed by atoms with van der Waals surface area (Å²) in [7, 11) is 0. The number of aryl methyl sites for hydroxylation is 1. The van der Waals surface area contributed by atoms with Crippen LogP contribution in [0.3, 0.4) is 0 Å². The Morgan fingerprint density at radius 2 is 2.00 bits per heavy atom. The lowest BCUT2D eigenvalue weighted by Gasteiger charge is -2.08. The molecule has 0 saturated heterocycles. The van der Waals surface area contributed by atoms with E-state index in [1.807, 2.05) is 0 Å². The standard InChI is InChI=1S/C13H10F4N2O2/c1-6-5-8(14)3-4-9(6)11-18-12(21-19-11)7(2)10(20)13(15,16)17/h3-5,7H,1-2H3. The summed E-state index contributed by atoms with van der Waals surface area (Å²) in [4.78, 5) is 14.9. The van der Waals surface area contributed by atoms with Crippen LogP contribution in [-0.4, -0.2) is 22.1 Å². The predicted molar refractivity (Wildman–Crippen MR) is 63.9 cm³/mol. The van der Waals surface area contributed by atoms with Gasteiger partial charge in [0.2, 0.25) is 17.5 Å². The van der Waals surface area contributed by atoms with Crippen LogP contribution >= 0.6 is 0 Å². The number of Topliss-reactive ketones (excluding diaryl/α,β-unsaturated/α-hetero) is 1. The van der Waals surface area contributed by atoms with Gasteiger partial charge in [-0.3, -0.25) is 4.79 Å². The average molecular weight is 302 g/mol. The Labute approximate surface area is 116 Å². The number of rotatable bonds is 3. The number of benzene rings is 1. The molecular formula is C13H10F4N2O2. The molecule has 2 rings (SSSR count). The van der Waals surface area contributed by atoms with Crippen LogP contribution in [0.5, 0.6) is 0 Å². The summed E-state index contributed by atoms with van der Waals surface area (Å²) in [5, 5.41) is 3.53. The molecule has 4 nitrogen and oxygen atoms in total. The lowest BCUT2D eigenvalue weighted by atomic mass is 10.1. The van der Waals surface area contributed by atoms with Gasteiger partial charge in [0.1, 0.15) is 11.7 Å². The maximum Gasteiger partial charge on any atom is 0.450 e. The number of carbonyl (C=O) groups excluding carboxylic acids is 1. The monoisotopic (exact) mass is 302 g/mol. The molecule has 21 heavy (non-hydrogen) atoms. The van der Waals surface area contributed by atoms with Gasteiger partial charge in [-0.25, -0.2) is 4.39 Å². The number of hydrogen-bond donors (Lipinski definition) is 0. The molecule has 0 saturated carbocycles. The van der Waals surface area contributed by atoms with Gasteiger partial charge in [0.25, 0.3) is 0 Å². The molecule has 0 radical (unpaired) electrons. The fourth-order valence-electron chi connectivity index (χ4n) is 1.76. The predicted octanol–water partition coefficient (Wildman–Crippen LogP) is 3.42. The number of hydrogen-bond acceptors (Lipinski definition) is 4. The van der Waals surface area contributed by atoms with Crippen molar-refractivity contribution in [3.63, 3.8) is 0 Å². The van der Waals surface area contributed by atoms with Crippen molar-refractivity contribution in [1.29, 1.82) is 0 Å². The number of ketones is 1. The molecule has 0 amide bonds. The molecule has 0 fully saturated rings. The van der Waals surface area contributed by atoms with Gasteiger partial charge >= 0.3 is 6.18 Å². The quantitative estimate of drug-likeness (QED) is 0.815. The molecule has 112 valence electrons. The second-order valence-corrected chi connectivity index (χ2v) is 4.50. The first kappa shape index (κ1) is 15.1. The van der Waals surface area contributed by atoms with E-state index in [4.69, 9.17) is 4.52 Å². The van der Waals surface area contributed by atoms with Gasteiger partial charge in [0.05, 0.1) is 0 Å². The SMILES string of the molecule is Cc1cc(F)ccc1-c1noc(C(C)C(=O)C(F)(F)F)n1. The molecule has 1 unspecified atom stereocenters. The highest BCUT2D eigenvalue weighted by Gasteiger charge is 2.44. The lowest BCUT2D eigenvalue weighted by Crippen LogP contribution is -2.27. The third kappa shape index (κ3) is 3.09. The summed E-state index contributed by atoms with van der Waals surface area (Å²) in [5.74, 6) is -4.44. The van der Waals surface area contributed by atoms with Crippen molar-refractivity contribution in [2.45, 2.75) is 25.9 Å². The van der Waals surface area contributed by atoms with E-state index in [0.29, 0.717) is 11.1 Å². The lowest BCUT2D eigenvalue weighted by molar-refractivity contribution is -0.172. The van der Waals surface area contributed by atoms with Crippen LogP contribution in [0.25, 0.3) is 11.4 Å². The highest BCUT2D eigenvalue weighted by molar-refractivity contribution is 5.89. The third-order valence-electron chi connectivity index (χ3n) is 2.91. The number of carbonyl (C=O) groups is 1. The van der Waals surface area contributed by atoms with Crippen molar-refractivity contribution in [3.8, 4) is 11.4 Å². The van der Waals surface area contributed by atoms with Crippen molar-refractivity contribution in [3.05, 3.63) is 35.5 Å². The Bertz CT molecular complexity index is 679. The smallest absolute Gasteiger partial charge is 0.338 e. The summed E-state index contributed by atoms with van der Waals surface area (Å²) in [6, 6.07) is 3.79. The number of alkyl halides is 3. The average Bonchev–Trinajstić information content (AvgIpc) is 2.85. The third-order valence-corrected chi connectivity index (χ3v) is 2.91. The Balaban J connectivity index is 2.32. The highest BCUT2D eigenvalue weighted by Crippen LogP contribution is 2.28. The Hall–Kier alpha value is -2.25. The molecule has 0 aliphatic carbocycles. The molecule has 0 N–H and O–H groups in total. The van der Waals surface area contributed by atoms with Crippen molar-refractivity contribution < 1.29 is 26.9 Å². The van der Waals surface area contributed by atoms with E-state index in [9.17, 15) is 22.4 Å². The summed E-state index contributed by atoms with van der Waals surface area (Å²) in [5.41, 5.74) is 0.912. The van der Waals surface area contributed by atoms with Crippen LogP contribution in [0.2, 0.25) is 0 Å². The zero-order chi connectivity index (χ0) is 15.8. The van der Waals surface area contributed by atoms with Crippen LogP contribution < -0.4 is 0 Å². The van der Waals surface area contributed by atoms with Gasteiger partial charge in [-0.05, 0) is 37.6 Å². The molecular weight excluding hydrogens is 292 g/mol. The molecule has 1 aromatic carbocycles. The molecule has 2 aromatic rings. The van der Waals surface area contributed by atoms with Crippen LogP contribution in [0, 0.1) is 12.7 Å². The number of aromatic nitrogens is 2. The minimum Gasteiger partial charge on any atom is -0.338 e. The molecule has 0 spiro atoms. The van der Waals surface area contributed by atoms with E-state index < -0.39 is 29.6 Å². The van der Waals surface area contributed by atoms with Crippen molar-refractivity contribution in [2.24, 2.45) is 0 Å². The fraction of sp³-hybridized carbons (Fsp3) is 0.308. The molecule has 1 heterocycles. The van der Waals surface area contributed by atoms with E-state index in [1.165, 1.54) is 18.2 Å². The van der Waals surface area contributed by atoms with Crippen molar-refractivity contribution >= 4 is 5.78 Å². The summed E-state index contributed by atoms with van der Waals surface area (Å²) >= 11 is 0. The molecule has 0 bridgehead atoms. The Morgan fingerprint density at radius 1 is 1.33 bits per heavy atom. The molecule has 0 aliphatic heterocycles. The van der Waals surface area contributed by atoms with E-state index in [1.54, 1.807) is 6.92 Å². The van der Waals surface area contributed by atoms with Crippen molar-refractivity contribution in [2.75, 3.05) is 0 Å². The van der Waals surface area contributed by atoms with Crippen LogP contribution in [0.4, 0.5) is 17.6 Å². The number of nitrogens with zero attached hydrogens (tertiary/aromatic N) is 2. The van der Waals surface area contributed by atoms with Crippen LogP contribution in [0.1, 0.15) is 24.3 Å². The second kappa shape index (κ2) is 5.27. The van der Waals surface area contributed by atoms with E-state index in [-0.39, 0.29) is 5.82 Å². The van der Waals surface area contributed by atoms with Crippen LogP contribution in [0.15, 0.2) is 22.7 Å². The van der Waals surface area contributed by atoms with Gasteiger partial charge in [0, 0.05) is 5.56 Å². The zero-order valence-electron chi connectivity index (χ0n) is 11.0. The van der Waals surface area contributed by atoms with E-state index in [2.05, 4.69) is 10.1 Å². The maximum atomic E-state index is 13.0. The molecule has 0 aliphatic rings. The van der Waals surface area contributed by atoms with Crippen LogP contribution in [-0.2, 0) is 4.79 Å². The minimum absolute atomic E-state index is 0.00400.